The Kier molecular flexibility index (Phi) is 5.63. The van der Waals surface area contributed by atoms with Crippen LogP contribution in [0.2, 0.25) is 0 Å². The summed E-state index contributed by atoms with van der Waals surface area (Å²) in [5, 5.41) is 4.97. The van der Waals surface area contributed by atoms with Gasteiger partial charge in [-0.25, -0.2) is 0 Å². The Morgan fingerprint density at radius 3 is 2.53 bits per heavy atom. The van der Waals surface area contributed by atoms with Crippen molar-refractivity contribution in [3.05, 3.63) is 119 Å². The average Bonchev–Trinajstić information content (AvgIpc) is 3.61. The number of furan rings is 1. The number of hydrogen-bond acceptors (Lipinski definition) is 4. The van der Waals surface area contributed by atoms with Gasteiger partial charge in [0, 0.05) is 56.2 Å². The summed E-state index contributed by atoms with van der Waals surface area (Å²) < 4.78 is 53.6. The third-order valence-electron chi connectivity index (χ3n) is 6.08. The van der Waals surface area contributed by atoms with Crippen LogP contribution >= 0.6 is 11.3 Å². The molecule has 0 saturated carbocycles. The smallest absolute Gasteiger partial charge is 0.121 e. The molecule has 0 N–H and O–H groups in total. The van der Waals surface area contributed by atoms with Crippen molar-refractivity contribution in [1.29, 1.82) is 0 Å². The molecule has 4 heterocycles. The van der Waals surface area contributed by atoms with Crippen LogP contribution in [0.25, 0.3) is 54.5 Å². The molecular formula is C33H24IrN2OS-2. The molecule has 0 aliphatic carbocycles. The molecular weight excluding hydrogens is 665 g/mol. The van der Waals surface area contributed by atoms with Gasteiger partial charge < -0.3 is 14.4 Å². The van der Waals surface area contributed by atoms with Gasteiger partial charge in [0.1, 0.15) is 5.58 Å². The molecule has 0 saturated heterocycles. The number of aromatic nitrogens is 2. The molecule has 0 atom stereocenters. The van der Waals surface area contributed by atoms with Crippen LogP contribution in [0.1, 0.15) is 24.9 Å². The van der Waals surface area contributed by atoms with E-state index in [2.05, 4.69) is 28.2 Å². The first-order chi connectivity index (χ1) is 20.5. The minimum absolute atomic E-state index is 0. The fourth-order valence-corrected chi connectivity index (χ4v) is 5.04. The van der Waals surface area contributed by atoms with Gasteiger partial charge in [0.15, 0.2) is 0 Å². The maximum absolute atomic E-state index is 7.80. The molecule has 3 nitrogen and oxygen atoms in total. The van der Waals surface area contributed by atoms with E-state index in [0.29, 0.717) is 22.4 Å². The van der Waals surface area contributed by atoms with Gasteiger partial charge in [-0.15, -0.1) is 65.4 Å². The molecule has 0 fully saturated rings. The van der Waals surface area contributed by atoms with Crippen LogP contribution in [0, 0.1) is 32.8 Å². The third kappa shape index (κ3) is 4.93. The second-order valence-electron chi connectivity index (χ2n) is 8.58. The van der Waals surface area contributed by atoms with E-state index in [1.807, 2.05) is 73.1 Å². The van der Waals surface area contributed by atoms with Crippen molar-refractivity contribution < 1.29 is 32.7 Å². The van der Waals surface area contributed by atoms with E-state index in [1.165, 1.54) is 11.6 Å². The Hall–Kier alpha value is -3.63. The Morgan fingerprint density at radius 1 is 0.842 bits per heavy atom. The predicted octanol–water partition coefficient (Wildman–Crippen LogP) is 9.13. The van der Waals surface area contributed by atoms with Gasteiger partial charge in [-0.3, -0.25) is 0 Å². The van der Waals surface area contributed by atoms with E-state index in [9.17, 15) is 0 Å². The van der Waals surface area contributed by atoms with Gasteiger partial charge in [-0.05, 0) is 66.7 Å². The summed E-state index contributed by atoms with van der Waals surface area (Å²) >= 11 is 1.65. The summed E-state index contributed by atoms with van der Waals surface area (Å²) in [4.78, 5) is 8.58. The van der Waals surface area contributed by atoms with E-state index in [0.717, 1.165) is 38.3 Å². The maximum Gasteiger partial charge on any atom is 0.121 e. The van der Waals surface area contributed by atoms with Gasteiger partial charge in [0.25, 0.3) is 0 Å². The Labute approximate surface area is 248 Å². The van der Waals surface area contributed by atoms with Crippen LogP contribution in [0.5, 0.6) is 0 Å². The second kappa shape index (κ2) is 11.0. The van der Waals surface area contributed by atoms with Crippen LogP contribution in [0.4, 0.5) is 0 Å². The van der Waals surface area contributed by atoms with E-state index < -0.39 is 13.7 Å². The topological polar surface area (TPSA) is 38.9 Å². The molecule has 1 radical (unpaired) electrons. The molecule has 0 aliphatic heterocycles. The molecule has 0 aliphatic rings. The average molecular weight is 695 g/mol. The number of aryl methyl sites for hydroxylation is 3. The summed E-state index contributed by atoms with van der Waals surface area (Å²) in [5.74, 6) is 0. The second-order valence-corrected chi connectivity index (χ2v) is 9.53. The zero-order valence-corrected chi connectivity index (χ0v) is 23.4. The van der Waals surface area contributed by atoms with Crippen LogP contribution < -0.4 is 0 Å². The number of benzene rings is 3. The first-order valence-electron chi connectivity index (χ1n) is 14.6. The fourth-order valence-electron chi connectivity index (χ4n) is 4.25. The van der Waals surface area contributed by atoms with Crippen molar-refractivity contribution in [1.82, 2.24) is 9.97 Å². The first kappa shape index (κ1) is 19.4. The zero-order chi connectivity index (χ0) is 30.4. The van der Waals surface area contributed by atoms with E-state index in [-0.39, 0.29) is 31.2 Å². The molecule has 7 aromatic rings. The minimum atomic E-state index is -2.59. The summed E-state index contributed by atoms with van der Waals surface area (Å²) in [6.07, 6.45) is 2.99. The number of thiophene rings is 1. The summed E-state index contributed by atoms with van der Waals surface area (Å²) in [7, 11) is 0. The quantitative estimate of drug-likeness (QED) is 0.170. The maximum atomic E-state index is 7.80. The van der Waals surface area contributed by atoms with Crippen molar-refractivity contribution in [2.75, 3.05) is 0 Å². The normalized spacial score (nSPS) is 13.8. The largest absolute Gasteiger partial charge is 0.501 e. The fraction of sp³-hybridized carbons (Fsp3) is 0.0909. The number of hydrogen-bond donors (Lipinski definition) is 0. The summed E-state index contributed by atoms with van der Waals surface area (Å²) in [6.45, 7) is -3.13. The van der Waals surface area contributed by atoms with Gasteiger partial charge in [-0.1, -0.05) is 34.7 Å². The molecule has 189 valence electrons. The van der Waals surface area contributed by atoms with E-state index in [4.69, 9.17) is 12.6 Å². The summed E-state index contributed by atoms with van der Waals surface area (Å²) in [5.41, 5.74) is 4.74. The zero-order valence-electron chi connectivity index (χ0n) is 26.2. The summed E-state index contributed by atoms with van der Waals surface area (Å²) in [6, 6.07) is 29.1. The molecule has 0 amide bonds. The number of rotatable bonds is 2. The SMILES string of the molecule is Cc1ccc(-c2[c-]cccc2)nc1.[2H]C([2H])([2H])c1cnc(-c2[c-]ccc3c2oc2ccc4sccc4c23)cc1C([2H])([2H])[2H].[Ir]. The number of fused-ring (bicyclic) bond motifs is 5. The Balaban J connectivity index is 0.000000230. The molecule has 3 aromatic carbocycles. The van der Waals surface area contributed by atoms with Crippen LogP contribution in [0.3, 0.4) is 0 Å². The molecule has 5 heteroatoms. The Morgan fingerprint density at radius 2 is 1.74 bits per heavy atom. The minimum Gasteiger partial charge on any atom is -0.501 e. The molecule has 4 aromatic heterocycles. The number of pyridine rings is 2. The molecule has 7 rings (SSSR count). The monoisotopic (exact) mass is 695 g/mol. The van der Waals surface area contributed by atoms with Crippen molar-refractivity contribution in [2.45, 2.75) is 20.6 Å². The van der Waals surface area contributed by atoms with Crippen LogP contribution in [0.15, 0.2) is 95.0 Å². The molecule has 38 heavy (non-hydrogen) atoms. The molecule has 0 unspecified atom stereocenters. The van der Waals surface area contributed by atoms with Crippen molar-refractivity contribution in [3.8, 4) is 22.5 Å². The van der Waals surface area contributed by atoms with Crippen molar-refractivity contribution >= 4 is 43.4 Å². The molecule has 0 spiro atoms. The van der Waals surface area contributed by atoms with Gasteiger partial charge in [-0.2, -0.15) is 0 Å². The van der Waals surface area contributed by atoms with E-state index >= 15 is 0 Å². The standard InChI is InChI=1S/C21H14NOS.C12H10N.Ir/c1-12-10-17(22-11-13(12)2)14-4-3-5-16-20-15-8-9-24-19(15)7-6-18(20)23-21(14)16;1-10-7-8-12(13-9-10)11-5-3-2-4-6-11;/h3,5-11H,1-2H3;2-5,7-9H,1H3;/q2*-1;/i1D3,2D3;;. The van der Waals surface area contributed by atoms with Crippen LogP contribution in [-0.4, -0.2) is 9.97 Å². The van der Waals surface area contributed by atoms with Crippen molar-refractivity contribution in [3.63, 3.8) is 0 Å². The predicted molar refractivity (Wildman–Crippen MR) is 154 cm³/mol. The van der Waals surface area contributed by atoms with Gasteiger partial charge in [0.05, 0.1) is 5.58 Å². The molecule has 0 bridgehead atoms. The first-order valence-corrected chi connectivity index (χ1v) is 12.5. The van der Waals surface area contributed by atoms with Crippen LogP contribution in [-0.2, 0) is 20.1 Å². The van der Waals surface area contributed by atoms with Crippen molar-refractivity contribution in [2.24, 2.45) is 0 Å². The Bertz CT molecular complexity index is 2070. The number of nitrogens with zero attached hydrogens (tertiary/aromatic N) is 2. The van der Waals surface area contributed by atoms with E-state index in [1.54, 1.807) is 17.4 Å². The third-order valence-corrected chi connectivity index (χ3v) is 6.97. The van der Waals surface area contributed by atoms with Gasteiger partial charge >= 0.3 is 0 Å². The van der Waals surface area contributed by atoms with Gasteiger partial charge in [0.2, 0.25) is 0 Å².